The standard InChI is InChI=1S/C16H22N2O4/c1-10(2)8-18-13-6-5-12(17-15(19)9-21-4)7-14(13)22-11(3)16(18)20/h5-7,10-11H,8-9H2,1-4H3,(H,17,19). The highest BCUT2D eigenvalue weighted by Gasteiger charge is 2.31. The molecule has 1 unspecified atom stereocenters. The summed E-state index contributed by atoms with van der Waals surface area (Å²) in [6.07, 6.45) is -0.531. The number of benzene rings is 1. The van der Waals surface area contributed by atoms with E-state index in [-0.39, 0.29) is 18.4 Å². The van der Waals surface area contributed by atoms with Crippen LogP contribution in [0, 0.1) is 5.92 Å². The number of ether oxygens (including phenoxy) is 2. The molecule has 0 radical (unpaired) electrons. The van der Waals surface area contributed by atoms with Gasteiger partial charge in [0.05, 0.1) is 5.69 Å². The predicted octanol–water partition coefficient (Wildman–Crippen LogP) is 2.04. The van der Waals surface area contributed by atoms with E-state index < -0.39 is 6.10 Å². The van der Waals surface area contributed by atoms with Crippen LogP contribution in [0.3, 0.4) is 0 Å². The van der Waals surface area contributed by atoms with E-state index in [0.717, 1.165) is 5.69 Å². The lowest BCUT2D eigenvalue weighted by Gasteiger charge is -2.34. The van der Waals surface area contributed by atoms with Crippen molar-refractivity contribution in [1.29, 1.82) is 0 Å². The largest absolute Gasteiger partial charge is 0.479 e. The predicted molar refractivity (Wildman–Crippen MR) is 84.2 cm³/mol. The molecule has 1 heterocycles. The van der Waals surface area contributed by atoms with E-state index in [1.165, 1.54) is 7.11 Å². The summed E-state index contributed by atoms with van der Waals surface area (Å²) in [7, 11) is 1.46. The number of fused-ring (bicyclic) bond motifs is 1. The van der Waals surface area contributed by atoms with Crippen LogP contribution in [0.5, 0.6) is 5.75 Å². The molecule has 1 aliphatic heterocycles. The van der Waals surface area contributed by atoms with Crippen molar-refractivity contribution in [1.82, 2.24) is 0 Å². The van der Waals surface area contributed by atoms with Gasteiger partial charge in [-0.2, -0.15) is 0 Å². The first-order chi connectivity index (χ1) is 10.4. The molecule has 0 spiro atoms. The molecule has 6 heteroatoms. The minimum absolute atomic E-state index is 0.00763. The topological polar surface area (TPSA) is 67.9 Å². The van der Waals surface area contributed by atoms with Crippen molar-refractivity contribution in [2.45, 2.75) is 26.9 Å². The summed E-state index contributed by atoms with van der Waals surface area (Å²) >= 11 is 0. The number of hydrogen-bond donors (Lipinski definition) is 1. The minimum atomic E-state index is -0.531. The molecule has 0 saturated carbocycles. The molecule has 22 heavy (non-hydrogen) atoms. The summed E-state index contributed by atoms with van der Waals surface area (Å²) in [6, 6.07) is 5.29. The molecule has 0 aromatic heterocycles. The molecule has 1 aromatic rings. The highest BCUT2D eigenvalue weighted by atomic mass is 16.5. The van der Waals surface area contributed by atoms with Crippen LogP contribution in [-0.2, 0) is 14.3 Å². The number of nitrogens with zero attached hydrogens (tertiary/aromatic N) is 1. The molecule has 2 amide bonds. The fourth-order valence-corrected chi connectivity index (χ4v) is 2.37. The maximum atomic E-state index is 12.3. The Bertz CT molecular complexity index is 571. The van der Waals surface area contributed by atoms with Crippen molar-refractivity contribution in [3.05, 3.63) is 18.2 Å². The fraction of sp³-hybridized carbons (Fsp3) is 0.500. The SMILES string of the molecule is COCC(=O)Nc1ccc2c(c1)OC(C)C(=O)N2CC(C)C. The molecule has 0 aliphatic carbocycles. The van der Waals surface area contributed by atoms with Crippen LogP contribution in [0.25, 0.3) is 0 Å². The van der Waals surface area contributed by atoms with Crippen LogP contribution in [0.15, 0.2) is 18.2 Å². The molecular formula is C16H22N2O4. The van der Waals surface area contributed by atoms with Crippen LogP contribution >= 0.6 is 0 Å². The van der Waals surface area contributed by atoms with Crippen molar-refractivity contribution >= 4 is 23.2 Å². The molecule has 2 rings (SSSR count). The molecule has 0 fully saturated rings. The van der Waals surface area contributed by atoms with E-state index in [2.05, 4.69) is 19.2 Å². The van der Waals surface area contributed by atoms with Crippen LogP contribution in [0.1, 0.15) is 20.8 Å². The van der Waals surface area contributed by atoms with Gasteiger partial charge in [0.2, 0.25) is 5.91 Å². The van der Waals surface area contributed by atoms with Crippen LogP contribution in [0.2, 0.25) is 0 Å². The molecule has 0 saturated heterocycles. The number of methoxy groups -OCH3 is 1. The van der Waals surface area contributed by atoms with Gasteiger partial charge in [0.1, 0.15) is 12.4 Å². The van der Waals surface area contributed by atoms with Gasteiger partial charge in [0.25, 0.3) is 5.91 Å². The minimum Gasteiger partial charge on any atom is -0.479 e. The van der Waals surface area contributed by atoms with Crippen molar-refractivity contribution in [3.63, 3.8) is 0 Å². The second-order valence-electron chi connectivity index (χ2n) is 5.77. The summed E-state index contributed by atoms with van der Waals surface area (Å²) in [5.41, 5.74) is 1.35. The van der Waals surface area contributed by atoms with Crippen LogP contribution in [0.4, 0.5) is 11.4 Å². The average Bonchev–Trinajstić information content (AvgIpc) is 2.43. The third-order valence-electron chi connectivity index (χ3n) is 3.28. The van der Waals surface area contributed by atoms with Gasteiger partial charge in [-0.15, -0.1) is 0 Å². The molecule has 1 atom stereocenters. The zero-order chi connectivity index (χ0) is 16.3. The van der Waals surface area contributed by atoms with Gasteiger partial charge in [-0.05, 0) is 25.0 Å². The molecule has 6 nitrogen and oxygen atoms in total. The van der Waals surface area contributed by atoms with E-state index in [4.69, 9.17) is 9.47 Å². The third-order valence-corrected chi connectivity index (χ3v) is 3.28. The second-order valence-corrected chi connectivity index (χ2v) is 5.77. The highest BCUT2D eigenvalue weighted by Crippen LogP contribution is 2.36. The quantitative estimate of drug-likeness (QED) is 0.904. The van der Waals surface area contributed by atoms with E-state index in [1.807, 2.05) is 0 Å². The molecule has 120 valence electrons. The summed E-state index contributed by atoms with van der Waals surface area (Å²) in [5, 5.41) is 2.73. The lowest BCUT2D eigenvalue weighted by atomic mass is 10.1. The number of amides is 2. The smallest absolute Gasteiger partial charge is 0.267 e. The maximum Gasteiger partial charge on any atom is 0.267 e. The van der Waals surface area contributed by atoms with Crippen molar-refractivity contribution in [3.8, 4) is 5.75 Å². The monoisotopic (exact) mass is 306 g/mol. The van der Waals surface area contributed by atoms with E-state index in [9.17, 15) is 9.59 Å². The summed E-state index contributed by atoms with van der Waals surface area (Å²) < 4.78 is 10.4. The number of anilines is 2. The lowest BCUT2D eigenvalue weighted by Crippen LogP contribution is -2.46. The van der Waals surface area contributed by atoms with Gasteiger partial charge in [-0.3, -0.25) is 9.59 Å². The summed E-state index contributed by atoms with van der Waals surface area (Å²) in [4.78, 5) is 25.6. The number of rotatable bonds is 5. The Morgan fingerprint density at radius 2 is 2.18 bits per heavy atom. The van der Waals surface area contributed by atoms with Gasteiger partial charge in [-0.1, -0.05) is 13.8 Å². The Labute approximate surface area is 130 Å². The first-order valence-corrected chi connectivity index (χ1v) is 7.33. The fourth-order valence-electron chi connectivity index (χ4n) is 2.37. The zero-order valence-corrected chi connectivity index (χ0v) is 13.4. The average molecular weight is 306 g/mol. The van der Waals surface area contributed by atoms with Crippen molar-refractivity contribution < 1.29 is 19.1 Å². The van der Waals surface area contributed by atoms with Gasteiger partial charge >= 0.3 is 0 Å². The Morgan fingerprint density at radius 1 is 1.45 bits per heavy atom. The lowest BCUT2D eigenvalue weighted by molar-refractivity contribution is -0.125. The Hall–Kier alpha value is -2.08. The number of hydrogen-bond acceptors (Lipinski definition) is 4. The van der Waals surface area contributed by atoms with Gasteiger partial charge in [0, 0.05) is 25.4 Å². The van der Waals surface area contributed by atoms with E-state index >= 15 is 0 Å². The maximum absolute atomic E-state index is 12.3. The molecule has 0 bridgehead atoms. The first-order valence-electron chi connectivity index (χ1n) is 7.33. The summed E-state index contributed by atoms with van der Waals surface area (Å²) in [5.74, 6) is 0.671. The third kappa shape index (κ3) is 3.57. The highest BCUT2D eigenvalue weighted by molar-refractivity contribution is 6.00. The van der Waals surface area contributed by atoms with E-state index in [1.54, 1.807) is 30.0 Å². The van der Waals surface area contributed by atoms with Gasteiger partial charge < -0.3 is 19.7 Å². The Balaban J connectivity index is 2.26. The first kappa shape index (κ1) is 16.3. The molecule has 1 N–H and O–H groups in total. The van der Waals surface area contributed by atoms with E-state index in [0.29, 0.717) is 23.9 Å². The summed E-state index contributed by atoms with van der Waals surface area (Å²) in [6.45, 7) is 6.48. The number of nitrogens with one attached hydrogen (secondary N) is 1. The molecule has 1 aromatic carbocycles. The Morgan fingerprint density at radius 3 is 2.82 bits per heavy atom. The molecule has 1 aliphatic rings. The number of carbonyl (C=O) groups is 2. The van der Waals surface area contributed by atoms with Crippen molar-refractivity contribution in [2.24, 2.45) is 5.92 Å². The zero-order valence-electron chi connectivity index (χ0n) is 13.4. The van der Waals surface area contributed by atoms with Crippen LogP contribution < -0.4 is 15.0 Å². The molecular weight excluding hydrogens is 284 g/mol. The number of carbonyl (C=O) groups excluding carboxylic acids is 2. The van der Waals surface area contributed by atoms with Gasteiger partial charge in [-0.25, -0.2) is 0 Å². The second kappa shape index (κ2) is 6.79. The normalized spacial score (nSPS) is 17.2. The van der Waals surface area contributed by atoms with Crippen molar-refractivity contribution in [2.75, 3.05) is 30.5 Å². The Kier molecular flexibility index (Phi) is 5.03. The van der Waals surface area contributed by atoms with Gasteiger partial charge in [0.15, 0.2) is 6.10 Å². The van der Waals surface area contributed by atoms with Crippen LogP contribution in [-0.4, -0.2) is 38.2 Å².